The minimum atomic E-state index is -0.617. The molecule has 0 fully saturated rings. The van der Waals surface area contributed by atoms with Crippen molar-refractivity contribution in [1.29, 1.82) is 5.26 Å². The number of methoxy groups -OCH3 is 1. The highest BCUT2D eigenvalue weighted by molar-refractivity contribution is 9.10. The summed E-state index contributed by atoms with van der Waals surface area (Å²) < 4.78 is 6.14. The molecule has 0 aromatic heterocycles. The highest BCUT2D eigenvalue weighted by Crippen LogP contribution is 2.22. The quantitative estimate of drug-likeness (QED) is 0.854. The van der Waals surface area contributed by atoms with E-state index in [1.807, 2.05) is 18.2 Å². The molecule has 1 aromatic carbocycles. The summed E-state index contributed by atoms with van der Waals surface area (Å²) in [5.41, 5.74) is 0.982. The van der Waals surface area contributed by atoms with Crippen molar-refractivity contribution < 1.29 is 9.53 Å². The van der Waals surface area contributed by atoms with Gasteiger partial charge in [-0.2, -0.15) is 5.26 Å². The van der Waals surface area contributed by atoms with Gasteiger partial charge in [0.25, 0.3) is 0 Å². The van der Waals surface area contributed by atoms with Gasteiger partial charge < -0.3 is 10.1 Å². The number of nitrogens with zero attached hydrogens (tertiary/aromatic N) is 1. The zero-order valence-electron chi connectivity index (χ0n) is 8.79. The summed E-state index contributed by atoms with van der Waals surface area (Å²) in [5, 5.41) is 10.8. The molecule has 0 aliphatic rings. The van der Waals surface area contributed by atoms with Crippen molar-refractivity contribution in [1.82, 2.24) is 5.32 Å². The Kier molecular flexibility index (Phi) is 4.80. The summed E-state index contributed by atoms with van der Waals surface area (Å²) in [7, 11) is 1.60. The fraction of sp³-hybridized carbons (Fsp3) is 0.273. The van der Waals surface area contributed by atoms with Gasteiger partial charge in [-0.3, -0.25) is 4.79 Å². The molecule has 0 heterocycles. The lowest BCUT2D eigenvalue weighted by atomic mass is 10.1. The van der Waals surface area contributed by atoms with Gasteiger partial charge in [-0.25, -0.2) is 0 Å². The summed E-state index contributed by atoms with van der Waals surface area (Å²) in [4.78, 5) is 10.7. The molecular weight excluding hydrogens is 272 g/mol. The van der Waals surface area contributed by atoms with Gasteiger partial charge in [0.15, 0.2) is 6.07 Å². The van der Waals surface area contributed by atoms with E-state index in [1.165, 1.54) is 6.07 Å². The lowest BCUT2D eigenvalue weighted by Gasteiger charge is -2.08. The van der Waals surface area contributed by atoms with Crippen LogP contribution >= 0.6 is 15.9 Å². The third kappa shape index (κ3) is 3.55. The van der Waals surface area contributed by atoms with Crippen LogP contribution in [0.5, 0.6) is 5.75 Å². The lowest BCUT2D eigenvalue weighted by Crippen LogP contribution is -2.23. The second-order valence-corrected chi connectivity index (χ2v) is 3.99. The van der Waals surface area contributed by atoms with Crippen molar-refractivity contribution in [2.75, 3.05) is 13.7 Å². The second-order valence-electron chi connectivity index (χ2n) is 3.07. The Bertz CT molecular complexity index is 426. The van der Waals surface area contributed by atoms with E-state index in [-0.39, 0.29) is 0 Å². The summed E-state index contributed by atoms with van der Waals surface area (Å²) in [6.45, 7) is 0.416. The first-order valence-corrected chi connectivity index (χ1v) is 5.47. The van der Waals surface area contributed by atoms with Gasteiger partial charge in [0, 0.05) is 11.0 Å². The summed E-state index contributed by atoms with van der Waals surface area (Å²) in [5.74, 6) is 0.156. The first kappa shape index (κ1) is 12.5. The fourth-order valence-corrected chi connectivity index (χ4v) is 1.70. The number of halogens is 1. The topological polar surface area (TPSA) is 62.1 Å². The Balaban J connectivity index is 2.62. The Hall–Kier alpha value is -1.54. The van der Waals surface area contributed by atoms with Crippen LogP contribution in [0.1, 0.15) is 5.56 Å². The first-order chi connectivity index (χ1) is 7.67. The van der Waals surface area contributed by atoms with Gasteiger partial charge in [-0.1, -0.05) is 15.9 Å². The molecule has 0 saturated heterocycles. The maximum absolute atomic E-state index is 10.7. The molecule has 0 unspecified atom stereocenters. The molecule has 4 nitrogen and oxygen atoms in total. The number of benzene rings is 1. The molecule has 1 rings (SSSR count). The Morgan fingerprint density at radius 3 is 3.00 bits per heavy atom. The van der Waals surface area contributed by atoms with Crippen LogP contribution in [0.4, 0.5) is 0 Å². The Labute approximate surface area is 102 Å². The van der Waals surface area contributed by atoms with Crippen molar-refractivity contribution in [3.63, 3.8) is 0 Å². The maximum Gasteiger partial charge on any atom is 0.322 e. The molecule has 0 atom stereocenters. The number of nitriles is 1. The predicted octanol–water partition coefficient (Wildman–Crippen LogP) is 1.64. The minimum absolute atomic E-state index is 0.416. The highest BCUT2D eigenvalue weighted by atomic mass is 79.9. The molecular formula is C11H11BrN2O2. The van der Waals surface area contributed by atoms with E-state index in [1.54, 1.807) is 7.11 Å². The number of rotatable bonds is 4. The molecule has 0 saturated carbocycles. The smallest absolute Gasteiger partial charge is 0.322 e. The van der Waals surface area contributed by atoms with Crippen LogP contribution < -0.4 is 10.1 Å². The summed E-state index contributed by atoms with van der Waals surface area (Å²) >= 11 is 3.36. The van der Waals surface area contributed by atoms with Gasteiger partial charge in [0.2, 0.25) is 0 Å². The third-order valence-corrected chi connectivity index (χ3v) is 2.52. The van der Waals surface area contributed by atoms with Crippen molar-refractivity contribution in [2.24, 2.45) is 0 Å². The van der Waals surface area contributed by atoms with E-state index in [0.29, 0.717) is 13.0 Å². The fourth-order valence-electron chi connectivity index (χ4n) is 1.29. The third-order valence-electron chi connectivity index (χ3n) is 2.02. The van der Waals surface area contributed by atoms with Gasteiger partial charge in [0.05, 0.1) is 7.11 Å². The number of nitrogens with one attached hydrogen (secondary N) is 1. The molecule has 84 valence electrons. The molecule has 1 N–H and O–H groups in total. The highest BCUT2D eigenvalue weighted by Gasteiger charge is 2.04. The molecule has 0 radical (unpaired) electrons. The zero-order valence-corrected chi connectivity index (χ0v) is 10.4. The van der Waals surface area contributed by atoms with Crippen molar-refractivity contribution >= 4 is 21.8 Å². The van der Waals surface area contributed by atoms with E-state index in [0.717, 1.165) is 15.8 Å². The second kappa shape index (κ2) is 6.13. The van der Waals surface area contributed by atoms with Crippen LogP contribution in [0.15, 0.2) is 22.7 Å². The number of ether oxygens (including phenoxy) is 1. The molecule has 0 aliphatic heterocycles. The molecule has 1 aromatic rings. The van der Waals surface area contributed by atoms with Crippen molar-refractivity contribution in [3.8, 4) is 11.8 Å². The van der Waals surface area contributed by atoms with E-state index in [4.69, 9.17) is 10.00 Å². The van der Waals surface area contributed by atoms with Crippen LogP contribution in [-0.2, 0) is 11.2 Å². The average Bonchev–Trinajstić information content (AvgIpc) is 2.29. The maximum atomic E-state index is 10.7. The van der Waals surface area contributed by atoms with E-state index in [2.05, 4.69) is 21.2 Å². The summed E-state index contributed by atoms with van der Waals surface area (Å²) in [6.07, 6.45) is 0.621. The molecule has 0 bridgehead atoms. The van der Waals surface area contributed by atoms with Gasteiger partial charge >= 0.3 is 5.91 Å². The molecule has 0 spiro atoms. The van der Waals surface area contributed by atoms with E-state index < -0.39 is 5.91 Å². The van der Waals surface area contributed by atoms with Gasteiger partial charge in [0.1, 0.15) is 5.75 Å². The van der Waals surface area contributed by atoms with E-state index in [9.17, 15) is 4.79 Å². The van der Waals surface area contributed by atoms with Crippen LogP contribution in [0.25, 0.3) is 0 Å². The van der Waals surface area contributed by atoms with Gasteiger partial charge in [-0.05, 0) is 30.2 Å². The lowest BCUT2D eigenvalue weighted by molar-refractivity contribution is -0.115. The SMILES string of the molecule is COc1ccc(Br)cc1CCNC(=O)C#N. The number of carbonyl (C=O) groups excluding carboxylic acids is 1. The van der Waals surface area contributed by atoms with E-state index >= 15 is 0 Å². The average molecular weight is 283 g/mol. The molecule has 1 amide bonds. The van der Waals surface area contributed by atoms with Gasteiger partial charge in [-0.15, -0.1) is 0 Å². The molecule has 0 aliphatic carbocycles. The summed E-state index contributed by atoms with van der Waals surface area (Å²) in [6, 6.07) is 7.17. The largest absolute Gasteiger partial charge is 0.496 e. The van der Waals surface area contributed by atoms with Crippen LogP contribution in [0, 0.1) is 11.3 Å². The van der Waals surface area contributed by atoms with Crippen LogP contribution in [-0.4, -0.2) is 19.6 Å². The standard InChI is InChI=1S/C11H11BrN2O2/c1-16-10-3-2-9(12)6-8(10)4-5-14-11(15)7-13/h2-3,6H,4-5H2,1H3,(H,14,15). The van der Waals surface area contributed by atoms with Crippen LogP contribution in [0.2, 0.25) is 0 Å². The monoisotopic (exact) mass is 282 g/mol. The van der Waals surface area contributed by atoms with Crippen molar-refractivity contribution in [2.45, 2.75) is 6.42 Å². The first-order valence-electron chi connectivity index (χ1n) is 4.67. The van der Waals surface area contributed by atoms with Crippen LogP contribution in [0.3, 0.4) is 0 Å². The normalized spacial score (nSPS) is 9.31. The molecule has 5 heteroatoms. The number of carbonyl (C=O) groups is 1. The number of amides is 1. The number of hydrogen-bond donors (Lipinski definition) is 1. The van der Waals surface area contributed by atoms with Crippen molar-refractivity contribution in [3.05, 3.63) is 28.2 Å². The Morgan fingerprint density at radius 1 is 1.62 bits per heavy atom. The minimum Gasteiger partial charge on any atom is -0.496 e. The molecule has 16 heavy (non-hydrogen) atoms. The predicted molar refractivity (Wildman–Crippen MR) is 63.0 cm³/mol. The Morgan fingerprint density at radius 2 is 2.38 bits per heavy atom. The zero-order chi connectivity index (χ0) is 12.0. The number of hydrogen-bond acceptors (Lipinski definition) is 3.